The van der Waals surface area contributed by atoms with Gasteiger partial charge in [-0.2, -0.15) is 0 Å². The summed E-state index contributed by atoms with van der Waals surface area (Å²) in [6.07, 6.45) is 0. The first-order chi connectivity index (χ1) is 28.3. The fourth-order valence-corrected chi connectivity index (χ4v) is 8.36. The van der Waals surface area contributed by atoms with Crippen LogP contribution in [0.4, 0.5) is 17.1 Å². The topological polar surface area (TPSA) is 21.3 Å². The zero-order valence-electron chi connectivity index (χ0n) is 30.9. The van der Waals surface area contributed by atoms with E-state index in [1.165, 1.54) is 27.5 Å². The standard InChI is InChI=1S/C54H34N2O/c1-3-13-37(14-4-1)39-25-29-42(30-26-39)55(43-31-27-40(28-32-43)38-15-5-2-6-16-38)44-18-11-17-41(35-44)46-21-12-23-51-54(46)48-20-7-9-22-50(48)56(51)45-33-34-53-49(36-45)47-19-8-10-24-52(47)57-53/h1-27,29-31,33-36H. The van der Waals surface area contributed by atoms with Gasteiger partial charge in [0, 0.05) is 44.2 Å². The van der Waals surface area contributed by atoms with E-state index in [2.05, 4.69) is 210 Å². The Morgan fingerprint density at radius 3 is 1.88 bits per heavy atom. The van der Waals surface area contributed by atoms with E-state index < -0.39 is 0 Å². The number of hydrogen-bond donors (Lipinski definition) is 0. The first kappa shape index (κ1) is 32.6. The number of nitrogens with zero attached hydrogens (tertiary/aromatic N) is 2. The van der Waals surface area contributed by atoms with Crippen molar-refractivity contribution >= 4 is 60.8 Å². The molecule has 0 aliphatic rings. The van der Waals surface area contributed by atoms with Gasteiger partial charge < -0.3 is 13.9 Å². The van der Waals surface area contributed by atoms with E-state index in [-0.39, 0.29) is 0 Å². The molecule has 0 bridgehead atoms. The predicted molar refractivity (Wildman–Crippen MR) is 237 cm³/mol. The Kier molecular flexibility index (Phi) is 7.72. The van der Waals surface area contributed by atoms with Crippen molar-refractivity contribution < 1.29 is 4.42 Å². The average molecular weight is 727 g/mol. The molecule has 0 fully saturated rings. The molecular weight excluding hydrogens is 693 g/mol. The quantitative estimate of drug-likeness (QED) is 0.163. The molecule has 2 aromatic heterocycles. The molecule has 11 rings (SSSR count). The molecule has 0 amide bonds. The lowest BCUT2D eigenvalue weighted by molar-refractivity contribution is 0.669. The number of benzene rings is 8. The van der Waals surface area contributed by atoms with Crippen LogP contribution >= 0.6 is 0 Å². The van der Waals surface area contributed by atoms with Crippen LogP contribution < -0.4 is 4.90 Å². The second-order valence-electron chi connectivity index (χ2n) is 14.4. The van der Waals surface area contributed by atoms with Gasteiger partial charge in [0.1, 0.15) is 11.2 Å². The third-order valence-electron chi connectivity index (χ3n) is 11.0. The molecule has 57 heavy (non-hydrogen) atoms. The van der Waals surface area contributed by atoms with Crippen molar-refractivity contribution in [3.8, 4) is 39.1 Å². The number of hydrogen-bond acceptors (Lipinski definition) is 2. The number of furan rings is 1. The van der Waals surface area contributed by atoms with Gasteiger partial charge in [-0.05, 0) is 107 Å². The summed E-state index contributed by atoms with van der Waals surface area (Å²) in [5.41, 5.74) is 15.0. The highest BCUT2D eigenvalue weighted by Gasteiger charge is 2.19. The molecule has 0 saturated heterocycles. The second kappa shape index (κ2) is 13.5. The summed E-state index contributed by atoms with van der Waals surface area (Å²) < 4.78 is 8.59. The third kappa shape index (κ3) is 5.63. The van der Waals surface area contributed by atoms with E-state index in [1.54, 1.807) is 0 Å². The number of fused-ring (bicyclic) bond motifs is 6. The molecule has 3 nitrogen and oxygen atoms in total. The molecule has 3 heteroatoms. The van der Waals surface area contributed by atoms with E-state index in [0.717, 1.165) is 72.4 Å². The van der Waals surface area contributed by atoms with E-state index in [0.29, 0.717) is 0 Å². The Morgan fingerprint density at radius 2 is 1.07 bits per heavy atom. The van der Waals surface area contributed by atoms with Crippen molar-refractivity contribution in [2.75, 3.05) is 4.90 Å². The minimum atomic E-state index is 0.891. The predicted octanol–water partition coefficient (Wildman–Crippen LogP) is 14.8. The van der Waals surface area contributed by atoms with Crippen LogP contribution in [0.25, 0.3) is 82.8 Å². The molecule has 0 N–H and O–H groups in total. The lowest BCUT2D eigenvalue weighted by Gasteiger charge is -2.25. The van der Waals surface area contributed by atoms with Crippen molar-refractivity contribution in [1.29, 1.82) is 0 Å². The van der Waals surface area contributed by atoms with Crippen LogP contribution in [0.5, 0.6) is 0 Å². The van der Waals surface area contributed by atoms with Gasteiger partial charge in [-0.1, -0.05) is 140 Å². The van der Waals surface area contributed by atoms with Crippen LogP contribution in [0.15, 0.2) is 211 Å². The first-order valence-corrected chi connectivity index (χ1v) is 19.3. The maximum Gasteiger partial charge on any atom is 0.135 e. The molecule has 2 heterocycles. The summed E-state index contributed by atoms with van der Waals surface area (Å²) in [4.78, 5) is 2.28. The van der Waals surface area contributed by atoms with Crippen molar-refractivity contribution in [3.05, 3.63) is 218 Å². The van der Waals surface area contributed by atoms with Gasteiger partial charge in [-0.15, -0.1) is 0 Å². The van der Waals surface area contributed by atoms with Gasteiger partial charge in [0.25, 0.3) is 0 Å². The van der Waals surface area contributed by atoms with Crippen molar-refractivity contribution in [1.82, 2.24) is 4.57 Å². The highest BCUT2D eigenvalue weighted by molar-refractivity contribution is 6.16. The Balaban J connectivity index is 1.06. The van der Waals surface area contributed by atoms with Crippen LogP contribution in [0.2, 0.25) is 0 Å². The lowest BCUT2D eigenvalue weighted by Crippen LogP contribution is -2.09. The Bertz CT molecular complexity index is 3130. The molecule has 9 aromatic carbocycles. The zero-order chi connectivity index (χ0) is 37.7. The van der Waals surface area contributed by atoms with Gasteiger partial charge in [-0.25, -0.2) is 0 Å². The molecule has 0 radical (unpaired) electrons. The Hall–Kier alpha value is -7.80. The maximum atomic E-state index is 6.21. The van der Waals surface area contributed by atoms with E-state index in [1.807, 2.05) is 18.2 Å². The van der Waals surface area contributed by atoms with Crippen molar-refractivity contribution in [2.45, 2.75) is 0 Å². The van der Waals surface area contributed by atoms with Crippen LogP contribution in [-0.2, 0) is 0 Å². The minimum Gasteiger partial charge on any atom is -0.456 e. The van der Waals surface area contributed by atoms with E-state index >= 15 is 0 Å². The SMILES string of the molecule is c1c(-c2ccccc2)ccc(N(c2ccc(-c3ccccc3)cc2)c2cccc(-c3cccc4c3c3ccccc3n4-c3ccc4oc5ccccc5c4c3)c2)c#1. The largest absolute Gasteiger partial charge is 0.456 e. The number of para-hydroxylation sites is 2. The molecule has 0 saturated carbocycles. The molecule has 0 aliphatic carbocycles. The third-order valence-corrected chi connectivity index (χ3v) is 11.0. The first-order valence-electron chi connectivity index (χ1n) is 19.3. The van der Waals surface area contributed by atoms with Crippen molar-refractivity contribution in [3.63, 3.8) is 0 Å². The summed E-state index contributed by atoms with van der Waals surface area (Å²) in [5.74, 6) is 0. The summed E-state index contributed by atoms with van der Waals surface area (Å²) >= 11 is 0. The van der Waals surface area contributed by atoms with Crippen LogP contribution in [0.1, 0.15) is 0 Å². The molecule has 266 valence electrons. The Morgan fingerprint density at radius 1 is 0.404 bits per heavy atom. The fourth-order valence-electron chi connectivity index (χ4n) is 8.36. The van der Waals surface area contributed by atoms with Crippen molar-refractivity contribution in [2.24, 2.45) is 0 Å². The van der Waals surface area contributed by atoms with Gasteiger partial charge in [0.05, 0.1) is 16.7 Å². The van der Waals surface area contributed by atoms with Crippen LogP contribution in [0.3, 0.4) is 0 Å². The summed E-state index contributed by atoms with van der Waals surface area (Å²) in [6, 6.07) is 80.0. The number of anilines is 3. The highest BCUT2D eigenvalue weighted by atomic mass is 16.3. The molecular formula is C54H34N2O. The summed E-state index contributed by atoms with van der Waals surface area (Å²) in [6.45, 7) is 0. The fraction of sp³-hybridized carbons (Fsp3) is 0. The minimum absolute atomic E-state index is 0.891. The summed E-state index contributed by atoms with van der Waals surface area (Å²) in [7, 11) is 0. The summed E-state index contributed by atoms with van der Waals surface area (Å²) in [5, 5.41) is 4.66. The van der Waals surface area contributed by atoms with Crippen LogP contribution in [-0.4, -0.2) is 4.57 Å². The van der Waals surface area contributed by atoms with Gasteiger partial charge in [-0.3, -0.25) is 0 Å². The number of rotatable bonds is 7. The maximum absolute atomic E-state index is 6.21. The molecule has 11 aromatic rings. The smallest absolute Gasteiger partial charge is 0.135 e. The van der Waals surface area contributed by atoms with Gasteiger partial charge in [0.2, 0.25) is 0 Å². The highest BCUT2D eigenvalue weighted by Crippen LogP contribution is 2.42. The average Bonchev–Trinajstić information content (AvgIpc) is 3.83. The van der Waals surface area contributed by atoms with E-state index in [4.69, 9.17) is 4.42 Å². The van der Waals surface area contributed by atoms with Gasteiger partial charge >= 0.3 is 0 Å². The Labute approximate surface area is 330 Å². The van der Waals surface area contributed by atoms with Crippen LogP contribution in [0, 0.1) is 12.1 Å². The van der Waals surface area contributed by atoms with E-state index in [9.17, 15) is 0 Å². The van der Waals surface area contributed by atoms with Gasteiger partial charge in [0.15, 0.2) is 0 Å². The normalized spacial score (nSPS) is 11.4. The second-order valence-corrected chi connectivity index (χ2v) is 14.4. The monoisotopic (exact) mass is 726 g/mol. The molecule has 0 unspecified atom stereocenters. The molecule has 0 spiro atoms. The lowest BCUT2D eigenvalue weighted by atomic mass is 9.98. The molecule has 0 atom stereocenters. The zero-order valence-corrected chi connectivity index (χ0v) is 30.9. The number of aromatic nitrogens is 1. The molecule has 0 aliphatic heterocycles.